The molecule has 28 heavy (non-hydrogen) atoms. The van der Waals surface area contributed by atoms with Crippen LogP contribution in [0.15, 0.2) is 48.5 Å². The predicted octanol–water partition coefficient (Wildman–Crippen LogP) is 1.97. The molecule has 0 unspecified atom stereocenters. The van der Waals surface area contributed by atoms with Gasteiger partial charge in [0.1, 0.15) is 5.75 Å². The van der Waals surface area contributed by atoms with Crippen molar-refractivity contribution < 1.29 is 19.1 Å². The number of anilines is 2. The maximum absolute atomic E-state index is 13.3. The Balaban J connectivity index is 1.67. The Morgan fingerprint density at radius 3 is 2.71 bits per heavy atom. The van der Waals surface area contributed by atoms with Crippen LogP contribution in [0, 0.1) is 0 Å². The second kappa shape index (κ2) is 7.34. The Bertz CT molecular complexity index is 943. The molecule has 2 aliphatic heterocycles. The summed E-state index contributed by atoms with van der Waals surface area (Å²) in [6.45, 7) is 0.776. The molecule has 0 bridgehead atoms. The summed E-state index contributed by atoms with van der Waals surface area (Å²) >= 11 is 0. The molecule has 1 saturated heterocycles. The lowest BCUT2D eigenvalue weighted by Gasteiger charge is -2.34. The van der Waals surface area contributed by atoms with E-state index in [9.17, 15) is 14.4 Å². The van der Waals surface area contributed by atoms with Crippen LogP contribution in [0.25, 0.3) is 0 Å². The fourth-order valence-electron chi connectivity index (χ4n) is 3.61. The first kappa shape index (κ1) is 18.0. The van der Waals surface area contributed by atoms with Crippen molar-refractivity contribution in [3.8, 4) is 5.75 Å². The Labute approximate surface area is 162 Å². The van der Waals surface area contributed by atoms with E-state index >= 15 is 0 Å². The quantitative estimate of drug-likeness (QED) is 0.884. The van der Waals surface area contributed by atoms with E-state index in [2.05, 4.69) is 5.32 Å². The third-order valence-electron chi connectivity index (χ3n) is 5.04. The first-order valence-electron chi connectivity index (χ1n) is 9.28. The normalized spacial score (nSPS) is 18.5. The second-order valence-corrected chi connectivity index (χ2v) is 6.80. The van der Waals surface area contributed by atoms with E-state index in [1.807, 2.05) is 12.1 Å². The Kier molecular flexibility index (Phi) is 4.73. The van der Waals surface area contributed by atoms with Gasteiger partial charge in [-0.15, -0.1) is 0 Å². The Morgan fingerprint density at radius 2 is 1.96 bits per heavy atom. The lowest BCUT2D eigenvalue weighted by Crippen LogP contribution is -2.50. The Hall–Kier alpha value is -3.35. The smallest absolute Gasteiger partial charge is 0.262 e. The number of hydrogen-bond acceptors (Lipinski definition) is 4. The fourth-order valence-corrected chi connectivity index (χ4v) is 3.61. The molecule has 0 spiro atoms. The number of carbonyl (C=O) groups is 3. The molecule has 3 amide bonds. The first-order valence-corrected chi connectivity index (χ1v) is 9.28. The number of para-hydroxylation sites is 2. The minimum Gasteiger partial charge on any atom is -0.477 e. The highest BCUT2D eigenvalue weighted by molar-refractivity contribution is 6.09. The molecule has 0 radical (unpaired) electrons. The van der Waals surface area contributed by atoms with Crippen LogP contribution in [0.4, 0.5) is 11.4 Å². The number of hydrogen-bond donors (Lipinski definition) is 1. The van der Waals surface area contributed by atoms with Crippen molar-refractivity contribution in [3.63, 3.8) is 0 Å². The van der Waals surface area contributed by atoms with Crippen LogP contribution in [0.5, 0.6) is 5.75 Å². The van der Waals surface area contributed by atoms with E-state index in [0.717, 1.165) is 12.1 Å². The fraction of sp³-hybridized carbons (Fsp3) is 0.286. The summed E-state index contributed by atoms with van der Waals surface area (Å²) in [4.78, 5) is 40.7. The van der Waals surface area contributed by atoms with Crippen molar-refractivity contribution in [3.05, 3.63) is 54.1 Å². The molecule has 2 heterocycles. The minimum atomic E-state index is -0.785. The first-order chi connectivity index (χ1) is 13.6. The lowest BCUT2D eigenvalue weighted by atomic mass is 10.1. The van der Waals surface area contributed by atoms with Gasteiger partial charge < -0.3 is 19.9 Å². The number of fused-ring (bicyclic) bond motifs is 1. The maximum Gasteiger partial charge on any atom is 0.262 e. The van der Waals surface area contributed by atoms with E-state index in [-0.39, 0.29) is 24.3 Å². The molecule has 7 heteroatoms. The molecule has 0 aromatic heterocycles. The molecule has 2 aliphatic rings. The van der Waals surface area contributed by atoms with E-state index in [1.54, 1.807) is 46.2 Å². The van der Waals surface area contributed by atoms with Crippen molar-refractivity contribution in [2.75, 3.05) is 29.9 Å². The van der Waals surface area contributed by atoms with Gasteiger partial charge in [0.05, 0.1) is 12.2 Å². The third kappa shape index (κ3) is 3.19. The number of amides is 3. The molecule has 7 nitrogen and oxygen atoms in total. The molecule has 2 aromatic carbocycles. The largest absolute Gasteiger partial charge is 0.477 e. The topological polar surface area (TPSA) is 79.0 Å². The molecule has 0 saturated carbocycles. The van der Waals surface area contributed by atoms with Crippen molar-refractivity contribution in [1.29, 1.82) is 0 Å². The van der Waals surface area contributed by atoms with Crippen LogP contribution in [0.1, 0.15) is 23.2 Å². The monoisotopic (exact) mass is 379 g/mol. The maximum atomic E-state index is 13.3. The average molecular weight is 379 g/mol. The van der Waals surface area contributed by atoms with Crippen LogP contribution in [0.3, 0.4) is 0 Å². The minimum absolute atomic E-state index is 0.0704. The summed E-state index contributed by atoms with van der Waals surface area (Å²) in [5, 5.41) is 2.57. The zero-order chi connectivity index (χ0) is 19.7. The van der Waals surface area contributed by atoms with Gasteiger partial charge in [-0.3, -0.25) is 14.4 Å². The number of nitrogens with zero attached hydrogens (tertiary/aromatic N) is 2. The number of benzene rings is 2. The third-order valence-corrected chi connectivity index (χ3v) is 5.04. The number of carbonyl (C=O) groups excluding carboxylic acids is 3. The average Bonchev–Trinajstić information content (AvgIpc) is 3.17. The highest BCUT2D eigenvalue weighted by Crippen LogP contribution is 2.34. The number of likely N-dealkylation sites (N-methyl/N-ethyl adjacent to an activating group) is 1. The summed E-state index contributed by atoms with van der Waals surface area (Å²) in [5.41, 5.74) is 1.80. The van der Waals surface area contributed by atoms with Gasteiger partial charge in [-0.25, -0.2) is 0 Å². The molecule has 144 valence electrons. The molecular formula is C21H21N3O4. The summed E-state index contributed by atoms with van der Waals surface area (Å²) in [6, 6.07) is 14.2. The zero-order valence-corrected chi connectivity index (χ0v) is 15.6. The van der Waals surface area contributed by atoms with Gasteiger partial charge in [0.25, 0.3) is 11.8 Å². The van der Waals surface area contributed by atoms with E-state index in [0.29, 0.717) is 30.0 Å². The van der Waals surface area contributed by atoms with Crippen LogP contribution >= 0.6 is 0 Å². The lowest BCUT2D eigenvalue weighted by molar-refractivity contribution is -0.127. The van der Waals surface area contributed by atoms with Crippen molar-refractivity contribution in [2.45, 2.75) is 18.9 Å². The van der Waals surface area contributed by atoms with Gasteiger partial charge in [-0.05, 0) is 36.8 Å². The van der Waals surface area contributed by atoms with Gasteiger partial charge >= 0.3 is 0 Å². The highest BCUT2D eigenvalue weighted by Gasteiger charge is 2.34. The molecule has 2 aromatic rings. The molecule has 4 rings (SSSR count). The number of nitrogens with one attached hydrogen (secondary N) is 1. The van der Waals surface area contributed by atoms with Gasteiger partial charge in [0.15, 0.2) is 6.10 Å². The predicted molar refractivity (Wildman–Crippen MR) is 105 cm³/mol. The molecular weight excluding hydrogens is 358 g/mol. The van der Waals surface area contributed by atoms with Crippen molar-refractivity contribution in [2.24, 2.45) is 0 Å². The molecule has 1 N–H and O–H groups in total. The van der Waals surface area contributed by atoms with Crippen LogP contribution in [0.2, 0.25) is 0 Å². The van der Waals surface area contributed by atoms with E-state index < -0.39 is 6.10 Å². The number of rotatable bonds is 3. The summed E-state index contributed by atoms with van der Waals surface area (Å²) in [7, 11) is 1.54. The van der Waals surface area contributed by atoms with E-state index in [4.69, 9.17) is 4.74 Å². The molecule has 1 fully saturated rings. The SMILES string of the molecule is CNC(=O)[C@@H]1CN(C(=O)c2cccc(N3CCCC3=O)c2)c2ccccc2O1. The summed E-state index contributed by atoms with van der Waals surface area (Å²) < 4.78 is 5.76. The van der Waals surface area contributed by atoms with Gasteiger partial charge in [0.2, 0.25) is 5.91 Å². The standard InChI is InChI=1S/C21H21N3O4/c1-22-20(26)18-13-24(16-8-2-3-9-17(16)28-18)21(27)14-6-4-7-15(12-14)23-11-5-10-19(23)25/h2-4,6-9,12,18H,5,10-11,13H2,1H3,(H,22,26)/t18-/m0/s1. The number of ether oxygens (including phenoxy) is 1. The molecule has 1 atom stereocenters. The van der Waals surface area contributed by atoms with Gasteiger partial charge in [-0.1, -0.05) is 18.2 Å². The Morgan fingerprint density at radius 1 is 1.14 bits per heavy atom. The van der Waals surface area contributed by atoms with Gasteiger partial charge in [0, 0.05) is 31.3 Å². The van der Waals surface area contributed by atoms with Crippen LogP contribution in [-0.2, 0) is 9.59 Å². The van der Waals surface area contributed by atoms with Crippen molar-refractivity contribution >= 4 is 29.1 Å². The highest BCUT2D eigenvalue weighted by atomic mass is 16.5. The summed E-state index contributed by atoms with van der Waals surface area (Å²) in [5.74, 6) is 0.0319. The molecule has 0 aliphatic carbocycles. The van der Waals surface area contributed by atoms with Crippen LogP contribution < -0.4 is 19.9 Å². The zero-order valence-electron chi connectivity index (χ0n) is 15.6. The summed E-state index contributed by atoms with van der Waals surface area (Å²) in [6.07, 6.45) is 0.567. The van der Waals surface area contributed by atoms with Crippen LogP contribution in [-0.4, -0.2) is 44.0 Å². The van der Waals surface area contributed by atoms with E-state index in [1.165, 1.54) is 7.05 Å². The second-order valence-electron chi connectivity index (χ2n) is 6.80. The van der Waals surface area contributed by atoms with Gasteiger partial charge in [-0.2, -0.15) is 0 Å². The van der Waals surface area contributed by atoms with Crippen molar-refractivity contribution in [1.82, 2.24) is 5.32 Å².